The van der Waals surface area contributed by atoms with Crippen LogP contribution in [-0.2, 0) is 9.53 Å². The summed E-state index contributed by atoms with van der Waals surface area (Å²) in [7, 11) is 0. The quantitative estimate of drug-likeness (QED) is 0.335. The van der Waals surface area contributed by atoms with Crippen molar-refractivity contribution >= 4 is 5.97 Å². The van der Waals surface area contributed by atoms with E-state index in [1.165, 1.54) is 0 Å². The highest BCUT2D eigenvalue weighted by Gasteiger charge is 2.45. The lowest BCUT2D eigenvalue weighted by Crippen LogP contribution is -2.40. The van der Waals surface area contributed by atoms with Crippen LogP contribution in [0.4, 0.5) is 0 Å². The topological polar surface area (TPSA) is 107 Å². The van der Waals surface area contributed by atoms with Gasteiger partial charge in [0.15, 0.2) is 12.2 Å². The zero-order valence-electron chi connectivity index (χ0n) is 6.12. The molecule has 1 aliphatic heterocycles. The zero-order valence-corrected chi connectivity index (χ0v) is 6.12. The van der Waals surface area contributed by atoms with E-state index >= 15 is 0 Å². The molecule has 0 aromatic heterocycles. The molecule has 0 bridgehead atoms. The van der Waals surface area contributed by atoms with Gasteiger partial charge in [0.05, 0.1) is 6.61 Å². The lowest BCUT2D eigenvalue weighted by atomic mass is 10.1. The van der Waals surface area contributed by atoms with E-state index in [-0.39, 0.29) is 0 Å². The Bertz CT molecular complexity index is 181. The SMILES string of the molecule is O=C1O[C@H]([C@H](O)CO)C(O)C1O. The highest BCUT2D eigenvalue weighted by Crippen LogP contribution is 2.18. The van der Waals surface area contributed by atoms with Crippen molar-refractivity contribution in [1.29, 1.82) is 0 Å². The Morgan fingerprint density at radius 2 is 2.08 bits per heavy atom. The van der Waals surface area contributed by atoms with Crippen LogP contribution in [0, 0.1) is 0 Å². The van der Waals surface area contributed by atoms with Crippen LogP contribution in [0.3, 0.4) is 0 Å². The number of ether oxygens (including phenoxy) is 1. The van der Waals surface area contributed by atoms with Crippen LogP contribution in [0.5, 0.6) is 0 Å². The molecule has 1 heterocycles. The Kier molecular flexibility index (Phi) is 2.63. The lowest BCUT2D eigenvalue weighted by molar-refractivity contribution is -0.151. The number of aliphatic hydroxyl groups excluding tert-OH is 4. The van der Waals surface area contributed by atoms with E-state index in [0.717, 1.165) is 0 Å². The summed E-state index contributed by atoms with van der Waals surface area (Å²) in [5.74, 6) is -0.986. The number of rotatable bonds is 2. The standard InChI is InChI=1S/C6H10O6/c7-1-2(8)5-3(9)4(10)6(11)12-5/h2-5,7-10H,1H2/t2-,3?,4?,5-/m1/s1. The van der Waals surface area contributed by atoms with Gasteiger partial charge in [-0.25, -0.2) is 4.79 Å². The van der Waals surface area contributed by atoms with Gasteiger partial charge in [-0.2, -0.15) is 0 Å². The third kappa shape index (κ3) is 1.42. The number of esters is 1. The maximum atomic E-state index is 10.6. The molecule has 1 aliphatic rings. The van der Waals surface area contributed by atoms with Gasteiger partial charge in [0.2, 0.25) is 0 Å². The maximum absolute atomic E-state index is 10.6. The van der Waals surface area contributed by atoms with E-state index in [4.69, 9.17) is 20.4 Å². The molecule has 6 heteroatoms. The molecule has 0 amide bonds. The molecule has 0 aromatic carbocycles. The summed E-state index contributed by atoms with van der Waals surface area (Å²) in [4.78, 5) is 10.6. The van der Waals surface area contributed by atoms with Crippen molar-refractivity contribution in [3.05, 3.63) is 0 Å². The molecule has 0 spiro atoms. The smallest absolute Gasteiger partial charge is 0.338 e. The second-order valence-electron chi connectivity index (χ2n) is 2.59. The Hall–Kier alpha value is -0.690. The molecule has 6 nitrogen and oxygen atoms in total. The number of cyclic esters (lactones) is 1. The van der Waals surface area contributed by atoms with Crippen molar-refractivity contribution in [3.63, 3.8) is 0 Å². The van der Waals surface area contributed by atoms with E-state index in [1.807, 2.05) is 0 Å². The summed E-state index contributed by atoms with van der Waals surface area (Å²) in [6.07, 6.45) is -5.70. The molecule has 70 valence electrons. The van der Waals surface area contributed by atoms with Crippen molar-refractivity contribution in [3.8, 4) is 0 Å². The molecule has 1 saturated heterocycles. The Balaban J connectivity index is 2.64. The molecular formula is C6H10O6. The summed E-state index contributed by atoms with van der Waals surface area (Å²) in [6, 6.07) is 0. The van der Waals surface area contributed by atoms with Crippen LogP contribution in [0.15, 0.2) is 0 Å². The predicted molar refractivity (Wildman–Crippen MR) is 35.0 cm³/mol. The zero-order chi connectivity index (χ0) is 9.30. The molecule has 1 rings (SSSR count). The highest BCUT2D eigenvalue weighted by molar-refractivity contribution is 5.77. The maximum Gasteiger partial charge on any atom is 0.338 e. The van der Waals surface area contributed by atoms with Gasteiger partial charge in [0.25, 0.3) is 0 Å². The Morgan fingerprint density at radius 1 is 1.50 bits per heavy atom. The molecule has 0 radical (unpaired) electrons. The molecule has 1 fully saturated rings. The first-order valence-electron chi connectivity index (χ1n) is 3.43. The molecule has 0 aliphatic carbocycles. The molecule has 0 saturated carbocycles. The molecule has 4 atom stereocenters. The van der Waals surface area contributed by atoms with Crippen LogP contribution in [0.2, 0.25) is 0 Å². The minimum absolute atomic E-state index is 0.637. The fraction of sp³-hybridized carbons (Fsp3) is 0.833. The van der Waals surface area contributed by atoms with Gasteiger partial charge >= 0.3 is 5.97 Å². The second-order valence-corrected chi connectivity index (χ2v) is 2.59. The van der Waals surface area contributed by atoms with Gasteiger partial charge < -0.3 is 25.2 Å². The minimum atomic E-state index is -1.63. The van der Waals surface area contributed by atoms with Crippen LogP contribution in [0.25, 0.3) is 0 Å². The predicted octanol–water partition coefficient (Wildman–Crippen LogP) is -3.01. The lowest BCUT2D eigenvalue weighted by Gasteiger charge is -2.17. The van der Waals surface area contributed by atoms with Crippen LogP contribution >= 0.6 is 0 Å². The van der Waals surface area contributed by atoms with E-state index in [0.29, 0.717) is 0 Å². The van der Waals surface area contributed by atoms with Gasteiger partial charge in [-0.15, -0.1) is 0 Å². The fourth-order valence-corrected chi connectivity index (χ4v) is 1.00. The third-order valence-electron chi connectivity index (χ3n) is 1.72. The summed E-state index contributed by atoms with van der Waals surface area (Å²) < 4.78 is 4.39. The van der Waals surface area contributed by atoms with Gasteiger partial charge in [0.1, 0.15) is 12.2 Å². The van der Waals surface area contributed by atoms with Gasteiger partial charge in [-0.3, -0.25) is 0 Å². The number of carbonyl (C=O) groups excluding carboxylic acids is 1. The largest absolute Gasteiger partial charge is 0.455 e. The average Bonchev–Trinajstić information content (AvgIpc) is 2.32. The van der Waals surface area contributed by atoms with E-state index in [1.54, 1.807) is 0 Å². The average molecular weight is 178 g/mol. The van der Waals surface area contributed by atoms with Gasteiger partial charge in [0, 0.05) is 0 Å². The van der Waals surface area contributed by atoms with Crippen LogP contribution in [-0.4, -0.2) is 57.4 Å². The summed E-state index contributed by atoms with van der Waals surface area (Å²) in [5, 5.41) is 35.3. The van der Waals surface area contributed by atoms with E-state index in [9.17, 15) is 4.79 Å². The van der Waals surface area contributed by atoms with Gasteiger partial charge in [-0.1, -0.05) is 0 Å². The normalized spacial score (nSPS) is 38.0. The first kappa shape index (κ1) is 9.40. The first-order valence-corrected chi connectivity index (χ1v) is 3.43. The number of hydrogen-bond donors (Lipinski definition) is 4. The van der Waals surface area contributed by atoms with Crippen molar-refractivity contribution in [2.24, 2.45) is 0 Å². The fourth-order valence-electron chi connectivity index (χ4n) is 1.00. The number of carbonyl (C=O) groups is 1. The molecular weight excluding hydrogens is 168 g/mol. The number of aliphatic hydroxyl groups is 4. The minimum Gasteiger partial charge on any atom is -0.455 e. The van der Waals surface area contributed by atoms with Crippen molar-refractivity contribution in [2.75, 3.05) is 6.61 Å². The second kappa shape index (κ2) is 3.36. The first-order chi connectivity index (χ1) is 5.57. The third-order valence-corrected chi connectivity index (χ3v) is 1.72. The van der Waals surface area contributed by atoms with Crippen LogP contribution < -0.4 is 0 Å². The molecule has 4 N–H and O–H groups in total. The van der Waals surface area contributed by atoms with Crippen molar-refractivity contribution in [2.45, 2.75) is 24.4 Å². The molecule has 0 aromatic rings. The van der Waals surface area contributed by atoms with Gasteiger partial charge in [-0.05, 0) is 0 Å². The summed E-state index contributed by atoms with van der Waals surface area (Å²) in [5.41, 5.74) is 0. The molecule has 2 unspecified atom stereocenters. The summed E-state index contributed by atoms with van der Waals surface area (Å²) in [6.45, 7) is -0.637. The van der Waals surface area contributed by atoms with E-state index in [2.05, 4.69) is 4.74 Å². The monoisotopic (exact) mass is 178 g/mol. The Morgan fingerprint density at radius 3 is 2.42 bits per heavy atom. The Labute approximate surface area is 68.0 Å². The highest BCUT2D eigenvalue weighted by atomic mass is 16.6. The van der Waals surface area contributed by atoms with Crippen molar-refractivity contribution < 1.29 is 30.0 Å². The van der Waals surface area contributed by atoms with E-state index < -0.39 is 37.0 Å². The molecule has 12 heavy (non-hydrogen) atoms. The van der Waals surface area contributed by atoms with Crippen LogP contribution in [0.1, 0.15) is 0 Å². The summed E-state index contributed by atoms with van der Waals surface area (Å²) >= 11 is 0. The van der Waals surface area contributed by atoms with Crippen molar-refractivity contribution in [1.82, 2.24) is 0 Å². The number of hydrogen-bond acceptors (Lipinski definition) is 6.